The van der Waals surface area contributed by atoms with Crippen molar-refractivity contribution < 1.29 is 0 Å². The zero-order chi connectivity index (χ0) is 11.0. The lowest BCUT2D eigenvalue weighted by atomic mass is 10.1. The van der Waals surface area contributed by atoms with Crippen molar-refractivity contribution in [3.05, 3.63) is 48.4 Å². The lowest BCUT2D eigenvalue weighted by molar-refractivity contribution is 1.17. The molecular formula is C13H11N3. The van der Waals surface area contributed by atoms with Gasteiger partial charge in [-0.3, -0.25) is 4.98 Å². The van der Waals surface area contributed by atoms with E-state index in [9.17, 15) is 0 Å². The number of hydrogen-bond acceptors (Lipinski definition) is 2. The molecule has 0 bridgehead atoms. The van der Waals surface area contributed by atoms with Gasteiger partial charge in [-0.1, -0.05) is 12.1 Å². The van der Waals surface area contributed by atoms with Crippen LogP contribution in [-0.4, -0.2) is 15.0 Å². The van der Waals surface area contributed by atoms with Crippen LogP contribution in [0, 0.1) is 6.92 Å². The number of fused-ring (bicyclic) bond motifs is 1. The molecule has 0 aliphatic carbocycles. The first-order chi connectivity index (χ1) is 7.83. The summed E-state index contributed by atoms with van der Waals surface area (Å²) in [6.07, 6.45) is 1.80. The summed E-state index contributed by atoms with van der Waals surface area (Å²) in [5, 5.41) is 0. The molecule has 16 heavy (non-hydrogen) atoms. The van der Waals surface area contributed by atoms with E-state index in [4.69, 9.17) is 0 Å². The second kappa shape index (κ2) is 3.45. The lowest BCUT2D eigenvalue weighted by Crippen LogP contribution is -1.81. The Morgan fingerprint density at radius 1 is 1.12 bits per heavy atom. The summed E-state index contributed by atoms with van der Waals surface area (Å²) >= 11 is 0. The van der Waals surface area contributed by atoms with Crippen LogP contribution in [0.1, 0.15) is 5.82 Å². The van der Waals surface area contributed by atoms with Gasteiger partial charge in [0.2, 0.25) is 0 Å². The first kappa shape index (κ1) is 9.09. The highest BCUT2D eigenvalue weighted by Gasteiger charge is 2.02. The summed E-state index contributed by atoms with van der Waals surface area (Å²) in [4.78, 5) is 11.9. The molecule has 2 aromatic heterocycles. The van der Waals surface area contributed by atoms with E-state index < -0.39 is 0 Å². The molecule has 0 fully saturated rings. The predicted octanol–water partition coefficient (Wildman–Crippen LogP) is 2.93. The predicted molar refractivity (Wildman–Crippen MR) is 64.1 cm³/mol. The fourth-order valence-corrected chi connectivity index (χ4v) is 1.83. The Bertz CT molecular complexity index is 626. The maximum atomic E-state index is 4.42. The molecule has 0 radical (unpaired) electrons. The lowest BCUT2D eigenvalue weighted by Gasteiger charge is -1.99. The molecule has 3 nitrogen and oxygen atoms in total. The van der Waals surface area contributed by atoms with Crippen molar-refractivity contribution in [3.63, 3.8) is 0 Å². The van der Waals surface area contributed by atoms with Gasteiger partial charge in [0, 0.05) is 11.8 Å². The Hall–Kier alpha value is -2.16. The van der Waals surface area contributed by atoms with E-state index in [-0.39, 0.29) is 0 Å². The average Bonchev–Trinajstić information content (AvgIpc) is 2.69. The van der Waals surface area contributed by atoms with Crippen molar-refractivity contribution in [2.24, 2.45) is 0 Å². The monoisotopic (exact) mass is 209 g/mol. The number of benzene rings is 1. The summed E-state index contributed by atoms with van der Waals surface area (Å²) in [5.74, 6) is 0.938. The van der Waals surface area contributed by atoms with Crippen molar-refractivity contribution in [2.45, 2.75) is 6.92 Å². The van der Waals surface area contributed by atoms with Crippen LogP contribution >= 0.6 is 0 Å². The highest BCUT2D eigenvalue weighted by Crippen LogP contribution is 2.21. The number of hydrogen-bond donors (Lipinski definition) is 1. The molecule has 1 aromatic carbocycles. The maximum absolute atomic E-state index is 4.42. The van der Waals surface area contributed by atoms with Gasteiger partial charge >= 0.3 is 0 Å². The molecule has 0 aliphatic rings. The quantitative estimate of drug-likeness (QED) is 0.669. The van der Waals surface area contributed by atoms with Gasteiger partial charge in [0.05, 0.1) is 16.7 Å². The van der Waals surface area contributed by atoms with Crippen LogP contribution in [0.15, 0.2) is 42.6 Å². The number of nitrogens with zero attached hydrogens (tertiary/aromatic N) is 2. The largest absolute Gasteiger partial charge is 0.342 e. The van der Waals surface area contributed by atoms with E-state index >= 15 is 0 Å². The van der Waals surface area contributed by atoms with E-state index in [2.05, 4.69) is 27.1 Å². The van der Waals surface area contributed by atoms with E-state index in [1.807, 2.05) is 31.2 Å². The molecule has 78 valence electrons. The maximum Gasteiger partial charge on any atom is 0.104 e. The minimum absolute atomic E-state index is 0.938. The summed E-state index contributed by atoms with van der Waals surface area (Å²) in [6, 6.07) is 12.1. The zero-order valence-electron chi connectivity index (χ0n) is 8.94. The van der Waals surface area contributed by atoms with E-state index in [1.165, 1.54) is 0 Å². The minimum Gasteiger partial charge on any atom is -0.342 e. The molecule has 3 aromatic rings. The van der Waals surface area contributed by atoms with Crippen LogP contribution in [0.5, 0.6) is 0 Å². The molecule has 0 amide bonds. The highest BCUT2D eigenvalue weighted by molar-refractivity contribution is 5.81. The summed E-state index contributed by atoms with van der Waals surface area (Å²) in [7, 11) is 0. The number of imidazole rings is 1. The van der Waals surface area contributed by atoms with Gasteiger partial charge in [0.25, 0.3) is 0 Å². The second-order valence-corrected chi connectivity index (χ2v) is 3.77. The molecule has 0 unspecified atom stereocenters. The van der Waals surface area contributed by atoms with Crippen LogP contribution in [0.2, 0.25) is 0 Å². The summed E-state index contributed by atoms with van der Waals surface area (Å²) in [5.41, 5.74) is 4.13. The number of aryl methyl sites for hydroxylation is 1. The van der Waals surface area contributed by atoms with Crippen molar-refractivity contribution in [1.29, 1.82) is 0 Å². The molecule has 3 heteroatoms. The number of H-pyrrole nitrogens is 1. The van der Waals surface area contributed by atoms with Crippen LogP contribution in [-0.2, 0) is 0 Å². The first-order valence-corrected chi connectivity index (χ1v) is 5.21. The molecule has 0 saturated carbocycles. The zero-order valence-corrected chi connectivity index (χ0v) is 8.94. The van der Waals surface area contributed by atoms with Gasteiger partial charge in [-0.2, -0.15) is 0 Å². The normalized spacial score (nSPS) is 10.8. The Balaban J connectivity index is 2.18. The molecule has 2 heterocycles. The standard InChI is InChI=1S/C13H11N3/c1-9-15-12-6-5-10(8-13(12)16-9)11-4-2-3-7-14-11/h2-8H,1H3,(H,15,16). The van der Waals surface area contributed by atoms with Gasteiger partial charge in [-0.15, -0.1) is 0 Å². The Kier molecular flexibility index (Phi) is 1.96. The minimum atomic E-state index is 0.938. The first-order valence-electron chi connectivity index (χ1n) is 5.21. The van der Waals surface area contributed by atoms with E-state index in [0.29, 0.717) is 0 Å². The average molecular weight is 209 g/mol. The van der Waals surface area contributed by atoms with E-state index in [1.54, 1.807) is 6.20 Å². The third-order valence-corrected chi connectivity index (χ3v) is 2.56. The number of nitrogens with one attached hydrogen (secondary N) is 1. The molecule has 0 aliphatic heterocycles. The van der Waals surface area contributed by atoms with Crippen molar-refractivity contribution >= 4 is 11.0 Å². The van der Waals surface area contributed by atoms with Gasteiger partial charge in [0.15, 0.2) is 0 Å². The van der Waals surface area contributed by atoms with Crippen molar-refractivity contribution in [3.8, 4) is 11.3 Å². The molecule has 0 saturated heterocycles. The van der Waals surface area contributed by atoms with Gasteiger partial charge < -0.3 is 4.98 Å². The third kappa shape index (κ3) is 1.46. The number of aromatic amines is 1. The molecular weight excluding hydrogens is 198 g/mol. The molecule has 3 rings (SSSR count). The fraction of sp³-hybridized carbons (Fsp3) is 0.0769. The molecule has 0 spiro atoms. The SMILES string of the molecule is Cc1nc2cc(-c3ccccn3)ccc2[nH]1. The van der Waals surface area contributed by atoms with Crippen molar-refractivity contribution in [1.82, 2.24) is 15.0 Å². The number of aromatic nitrogens is 3. The summed E-state index contributed by atoms with van der Waals surface area (Å²) < 4.78 is 0. The van der Waals surface area contributed by atoms with Crippen molar-refractivity contribution in [2.75, 3.05) is 0 Å². The van der Waals surface area contributed by atoms with Gasteiger partial charge in [-0.05, 0) is 31.2 Å². The Labute approximate surface area is 93.2 Å². The highest BCUT2D eigenvalue weighted by atomic mass is 14.9. The van der Waals surface area contributed by atoms with Gasteiger partial charge in [-0.25, -0.2) is 4.98 Å². The van der Waals surface area contributed by atoms with Gasteiger partial charge in [0.1, 0.15) is 5.82 Å². The van der Waals surface area contributed by atoms with Crippen LogP contribution in [0.3, 0.4) is 0 Å². The summed E-state index contributed by atoms with van der Waals surface area (Å²) in [6.45, 7) is 1.96. The number of pyridine rings is 1. The Morgan fingerprint density at radius 2 is 2.06 bits per heavy atom. The second-order valence-electron chi connectivity index (χ2n) is 3.77. The Morgan fingerprint density at radius 3 is 2.88 bits per heavy atom. The smallest absolute Gasteiger partial charge is 0.104 e. The topological polar surface area (TPSA) is 41.6 Å². The van der Waals surface area contributed by atoms with Crippen LogP contribution in [0.25, 0.3) is 22.3 Å². The third-order valence-electron chi connectivity index (χ3n) is 2.56. The number of rotatable bonds is 1. The molecule has 0 atom stereocenters. The van der Waals surface area contributed by atoms with Crippen LogP contribution in [0.4, 0.5) is 0 Å². The fourth-order valence-electron chi connectivity index (χ4n) is 1.83. The van der Waals surface area contributed by atoms with Crippen LogP contribution < -0.4 is 0 Å². The van der Waals surface area contributed by atoms with E-state index in [0.717, 1.165) is 28.1 Å². The molecule has 1 N–H and O–H groups in total.